The number of amides is 2. The Hall–Kier alpha value is -1.52. The molecule has 0 heterocycles. The van der Waals surface area contributed by atoms with Crippen molar-refractivity contribution in [3.63, 3.8) is 0 Å². The molecule has 0 saturated carbocycles. The Morgan fingerprint density at radius 3 is 2.72 bits per heavy atom. The first-order valence-electron chi connectivity index (χ1n) is 6.51. The van der Waals surface area contributed by atoms with Gasteiger partial charge in [0.05, 0.1) is 12.0 Å². The summed E-state index contributed by atoms with van der Waals surface area (Å²) in [6.07, 6.45) is 6.97. The van der Waals surface area contributed by atoms with E-state index in [9.17, 15) is 9.59 Å². The average molecular weight is 254 g/mol. The third-order valence-electron chi connectivity index (χ3n) is 3.09. The lowest BCUT2D eigenvalue weighted by Crippen LogP contribution is -2.44. The van der Waals surface area contributed by atoms with Crippen LogP contribution in [-0.4, -0.2) is 29.2 Å². The summed E-state index contributed by atoms with van der Waals surface area (Å²) < 4.78 is 0. The molecule has 2 amide bonds. The minimum absolute atomic E-state index is 0.144. The fraction of sp³-hybridized carbons (Fsp3) is 0.692. The summed E-state index contributed by atoms with van der Waals surface area (Å²) in [4.78, 5) is 22.4. The topological polar surface area (TPSA) is 78.4 Å². The number of hydrogen-bond donors (Lipinski definition) is 3. The smallest absolute Gasteiger partial charge is 0.315 e. The molecule has 3 atom stereocenters. The van der Waals surface area contributed by atoms with Crippen molar-refractivity contribution in [1.82, 2.24) is 10.6 Å². The summed E-state index contributed by atoms with van der Waals surface area (Å²) in [6, 6.07) is -0.255. The molecule has 0 saturated heterocycles. The van der Waals surface area contributed by atoms with Crippen molar-refractivity contribution >= 4 is 12.0 Å². The van der Waals surface area contributed by atoms with Crippen molar-refractivity contribution in [2.75, 3.05) is 0 Å². The van der Waals surface area contributed by atoms with Crippen LogP contribution >= 0.6 is 0 Å². The number of urea groups is 1. The van der Waals surface area contributed by atoms with Crippen molar-refractivity contribution in [2.24, 2.45) is 5.92 Å². The molecule has 0 spiro atoms. The SMILES string of the molecule is CCCCC(C)NC(=O)NC1C=CC(C(=O)O)C1. The van der Waals surface area contributed by atoms with Crippen molar-refractivity contribution in [3.05, 3.63) is 12.2 Å². The Bertz CT molecular complexity index is 328. The number of rotatable bonds is 6. The van der Waals surface area contributed by atoms with Gasteiger partial charge in [0, 0.05) is 6.04 Å². The summed E-state index contributed by atoms with van der Waals surface area (Å²) >= 11 is 0. The lowest BCUT2D eigenvalue weighted by Gasteiger charge is -2.17. The standard InChI is InChI=1S/C13H22N2O3/c1-3-4-5-9(2)14-13(18)15-11-7-6-10(8-11)12(16)17/h6-7,9-11H,3-5,8H2,1-2H3,(H,16,17)(H2,14,15,18). The van der Waals surface area contributed by atoms with Gasteiger partial charge in [-0.25, -0.2) is 4.79 Å². The highest BCUT2D eigenvalue weighted by Gasteiger charge is 2.25. The lowest BCUT2D eigenvalue weighted by atomic mass is 10.1. The van der Waals surface area contributed by atoms with E-state index in [1.54, 1.807) is 12.2 Å². The summed E-state index contributed by atoms with van der Waals surface area (Å²) in [5.74, 6) is -1.32. The molecule has 0 aromatic carbocycles. The Morgan fingerprint density at radius 2 is 2.17 bits per heavy atom. The highest BCUT2D eigenvalue weighted by atomic mass is 16.4. The van der Waals surface area contributed by atoms with Crippen molar-refractivity contribution < 1.29 is 14.7 Å². The molecule has 1 aliphatic carbocycles. The van der Waals surface area contributed by atoms with Gasteiger partial charge in [0.2, 0.25) is 0 Å². The van der Waals surface area contributed by atoms with Gasteiger partial charge >= 0.3 is 12.0 Å². The minimum atomic E-state index is -0.840. The quantitative estimate of drug-likeness (QED) is 0.633. The van der Waals surface area contributed by atoms with E-state index in [0.717, 1.165) is 19.3 Å². The summed E-state index contributed by atoms with van der Waals surface area (Å²) in [5, 5.41) is 14.5. The highest BCUT2D eigenvalue weighted by molar-refractivity contribution is 5.76. The van der Waals surface area contributed by atoms with Gasteiger partial charge in [0.15, 0.2) is 0 Å². The third kappa shape index (κ3) is 4.77. The van der Waals surface area contributed by atoms with E-state index in [-0.39, 0.29) is 18.1 Å². The molecule has 0 aliphatic heterocycles. The van der Waals surface area contributed by atoms with E-state index < -0.39 is 11.9 Å². The zero-order valence-electron chi connectivity index (χ0n) is 11.0. The fourth-order valence-corrected chi connectivity index (χ4v) is 2.01. The maximum absolute atomic E-state index is 11.6. The molecule has 0 aromatic rings. The van der Waals surface area contributed by atoms with Crippen LogP contribution in [0.4, 0.5) is 4.79 Å². The first kappa shape index (κ1) is 14.5. The number of nitrogens with one attached hydrogen (secondary N) is 2. The first-order valence-corrected chi connectivity index (χ1v) is 6.51. The normalized spacial score (nSPS) is 23.7. The van der Waals surface area contributed by atoms with E-state index >= 15 is 0 Å². The molecular formula is C13H22N2O3. The van der Waals surface area contributed by atoms with Crippen LogP contribution in [0.1, 0.15) is 39.5 Å². The van der Waals surface area contributed by atoms with Crippen LogP contribution in [0.25, 0.3) is 0 Å². The zero-order valence-corrected chi connectivity index (χ0v) is 11.0. The predicted molar refractivity (Wildman–Crippen MR) is 69.3 cm³/mol. The van der Waals surface area contributed by atoms with Crippen LogP contribution in [-0.2, 0) is 4.79 Å². The molecule has 0 bridgehead atoms. The van der Waals surface area contributed by atoms with E-state index in [4.69, 9.17) is 5.11 Å². The van der Waals surface area contributed by atoms with Gasteiger partial charge in [0.25, 0.3) is 0 Å². The van der Waals surface area contributed by atoms with Gasteiger partial charge in [-0.05, 0) is 19.8 Å². The van der Waals surface area contributed by atoms with Gasteiger partial charge in [-0.1, -0.05) is 31.9 Å². The van der Waals surface area contributed by atoms with Gasteiger partial charge < -0.3 is 15.7 Å². The monoisotopic (exact) mass is 254 g/mol. The number of carboxylic acids is 1. The molecule has 0 radical (unpaired) electrons. The molecule has 3 N–H and O–H groups in total. The van der Waals surface area contributed by atoms with E-state index in [1.807, 2.05) is 6.92 Å². The van der Waals surface area contributed by atoms with Crippen LogP contribution in [0.5, 0.6) is 0 Å². The molecule has 18 heavy (non-hydrogen) atoms. The maximum atomic E-state index is 11.6. The molecule has 5 heteroatoms. The van der Waals surface area contributed by atoms with Gasteiger partial charge in [-0.2, -0.15) is 0 Å². The van der Waals surface area contributed by atoms with E-state index in [2.05, 4.69) is 17.6 Å². The summed E-state index contributed by atoms with van der Waals surface area (Å²) in [6.45, 7) is 4.09. The molecule has 102 valence electrons. The Labute approximate surface area is 108 Å². The van der Waals surface area contributed by atoms with E-state index in [1.165, 1.54) is 0 Å². The molecular weight excluding hydrogens is 232 g/mol. The summed E-state index contributed by atoms with van der Waals surface area (Å²) in [5.41, 5.74) is 0. The van der Waals surface area contributed by atoms with E-state index in [0.29, 0.717) is 6.42 Å². The molecule has 5 nitrogen and oxygen atoms in total. The number of aliphatic carboxylic acids is 1. The molecule has 3 unspecified atom stereocenters. The highest BCUT2D eigenvalue weighted by Crippen LogP contribution is 2.17. The minimum Gasteiger partial charge on any atom is -0.481 e. The van der Waals surface area contributed by atoms with Crippen LogP contribution in [0.15, 0.2) is 12.2 Å². The number of carboxylic acid groups (broad SMARTS) is 1. The van der Waals surface area contributed by atoms with Crippen molar-refractivity contribution in [1.29, 1.82) is 0 Å². The van der Waals surface area contributed by atoms with Crippen LogP contribution in [0.3, 0.4) is 0 Å². The number of carbonyl (C=O) groups is 2. The molecule has 1 rings (SSSR count). The Balaban J connectivity index is 2.25. The van der Waals surface area contributed by atoms with Gasteiger partial charge in [-0.15, -0.1) is 0 Å². The molecule has 1 aliphatic rings. The van der Waals surface area contributed by atoms with Crippen LogP contribution in [0, 0.1) is 5.92 Å². The largest absolute Gasteiger partial charge is 0.481 e. The first-order chi connectivity index (χ1) is 8.52. The van der Waals surface area contributed by atoms with Crippen molar-refractivity contribution in [3.8, 4) is 0 Å². The zero-order chi connectivity index (χ0) is 13.5. The number of unbranched alkanes of at least 4 members (excludes halogenated alkanes) is 1. The Morgan fingerprint density at radius 1 is 1.44 bits per heavy atom. The number of hydrogen-bond acceptors (Lipinski definition) is 2. The second kappa shape index (κ2) is 7.03. The Kier molecular flexibility index (Phi) is 5.68. The number of carbonyl (C=O) groups excluding carboxylic acids is 1. The molecule has 0 aromatic heterocycles. The average Bonchev–Trinajstić information content (AvgIpc) is 2.74. The molecule has 0 fully saturated rings. The van der Waals surface area contributed by atoms with Gasteiger partial charge in [-0.3, -0.25) is 4.79 Å². The van der Waals surface area contributed by atoms with Crippen LogP contribution in [0.2, 0.25) is 0 Å². The maximum Gasteiger partial charge on any atom is 0.315 e. The predicted octanol–water partition coefficient (Wildman–Crippen LogP) is 1.89. The van der Waals surface area contributed by atoms with Gasteiger partial charge in [0.1, 0.15) is 0 Å². The summed E-state index contributed by atoms with van der Waals surface area (Å²) in [7, 11) is 0. The second-order valence-corrected chi connectivity index (χ2v) is 4.83. The fourth-order valence-electron chi connectivity index (χ4n) is 2.01. The lowest BCUT2D eigenvalue weighted by molar-refractivity contribution is -0.140. The second-order valence-electron chi connectivity index (χ2n) is 4.83. The third-order valence-corrected chi connectivity index (χ3v) is 3.09. The van der Waals surface area contributed by atoms with Crippen LogP contribution < -0.4 is 10.6 Å². The van der Waals surface area contributed by atoms with Crippen molar-refractivity contribution in [2.45, 2.75) is 51.6 Å².